The van der Waals surface area contributed by atoms with Gasteiger partial charge in [-0.15, -0.1) is 0 Å². The minimum absolute atomic E-state index is 0.313. The van der Waals surface area contributed by atoms with Gasteiger partial charge >= 0.3 is 0 Å². The van der Waals surface area contributed by atoms with E-state index in [1.807, 2.05) is 24.3 Å². The smallest absolute Gasteiger partial charge is 0.123 e. The molecule has 0 amide bonds. The summed E-state index contributed by atoms with van der Waals surface area (Å²) in [5, 5.41) is 13.8. The van der Waals surface area contributed by atoms with Crippen LogP contribution < -0.4 is 5.32 Å². The lowest BCUT2D eigenvalue weighted by Gasteiger charge is -2.16. The fourth-order valence-corrected chi connectivity index (χ4v) is 4.39. The first-order valence-electron chi connectivity index (χ1n) is 12.0. The molecule has 0 saturated carbocycles. The standard InChI is InChI=1S/C31H33NO/c1-2-24(25-13-4-3-5-14-25)12-8-9-21-32-29-18-11-16-27(23-29)26-15-10-17-28(22-26)30-19-6-7-20-31(30)33/h3-4,6-10,12-13,15-17,19-20,22-23,32-33H,2,5,11,14,18,21H2,1H3/b9-8-,24-12+. The van der Waals surface area contributed by atoms with E-state index in [4.69, 9.17) is 0 Å². The highest BCUT2D eigenvalue weighted by molar-refractivity contribution is 5.80. The minimum atomic E-state index is 0.313. The van der Waals surface area contributed by atoms with Crippen LogP contribution in [0.1, 0.15) is 44.6 Å². The van der Waals surface area contributed by atoms with Gasteiger partial charge in [0.15, 0.2) is 0 Å². The van der Waals surface area contributed by atoms with E-state index < -0.39 is 0 Å². The molecule has 2 N–H and O–H groups in total. The van der Waals surface area contributed by atoms with E-state index >= 15 is 0 Å². The van der Waals surface area contributed by atoms with E-state index in [9.17, 15) is 5.11 Å². The first kappa shape index (κ1) is 22.7. The van der Waals surface area contributed by atoms with Gasteiger partial charge in [-0.2, -0.15) is 0 Å². The van der Waals surface area contributed by atoms with Crippen LogP contribution >= 0.6 is 0 Å². The number of nitrogens with one attached hydrogen (secondary N) is 1. The number of allylic oxidation sites excluding steroid dienone is 11. The summed E-state index contributed by atoms with van der Waals surface area (Å²) in [7, 11) is 0. The van der Waals surface area contributed by atoms with Crippen LogP contribution in [-0.4, -0.2) is 11.7 Å². The van der Waals surface area contributed by atoms with E-state index in [1.165, 1.54) is 28.0 Å². The largest absolute Gasteiger partial charge is 0.507 e. The second-order valence-corrected chi connectivity index (χ2v) is 8.48. The molecule has 2 aromatic rings. The van der Waals surface area contributed by atoms with Crippen LogP contribution in [0.25, 0.3) is 16.7 Å². The van der Waals surface area contributed by atoms with Gasteiger partial charge in [0.25, 0.3) is 0 Å². The molecule has 2 aliphatic rings. The molecule has 0 atom stereocenters. The summed E-state index contributed by atoms with van der Waals surface area (Å²) in [4.78, 5) is 0. The third-order valence-corrected chi connectivity index (χ3v) is 6.21. The van der Waals surface area contributed by atoms with Gasteiger partial charge in [-0.3, -0.25) is 0 Å². The first-order chi connectivity index (χ1) is 16.2. The van der Waals surface area contributed by atoms with E-state index in [1.54, 1.807) is 6.07 Å². The van der Waals surface area contributed by atoms with Crippen LogP contribution in [0.4, 0.5) is 0 Å². The summed E-state index contributed by atoms with van der Waals surface area (Å²) >= 11 is 0. The van der Waals surface area contributed by atoms with Crippen LogP contribution in [-0.2, 0) is 0 Å². The van der Waals surface area contributed by atoms with E-state index in [0.29, 0.717) is 5.75 Å². The molecule has 0 unspecified atom stereocenters. The molecule has 0 spiro atoms. The highest BCUT2D eigenvalue weighted by atomic mass is 16.3. The number of aromatic hydroxyl groups is 1. The van der Waals surface area contributed by atoms with Gasteiger partial charge in [0.1, 0.15) is 5.75 Å². The molecular weight excluding hydrogens is 402 g/mol. The van der Waals surface area contributed by atoms with Crippen molar-refractivity contribution in [1.29, 1.82) is 0 Å². The summed E-state index contributed by atoms with van der Waals surface area (Å²) < 4.78 is 0. The van der Waals surface area contributed by atoms with Gasteiger partial charge in [-0.1, -0.05) is 85.9 Å². The zero-order chi connectivity index (χ0) is 22.9. The van der Waals surface area contributed by atoms with Crippen molar-refractivity contribution in [1.82, 2.24) is 5.32 Å². The Morgan fingerprint density at radius 2 is 1.91 bits per heavy atom. The van der Waals surface area contributed by atoms with Crippen molar-refractivity contribution in [2.75, 3.05) is 6.54 Å². The van der Waals surface area contributed by atoms with Crippen molar-refractivity contribution >= 4 is 5.57 Å². The number of phenolic OH excluding ortho intramolecular Hbond substituents is 1. The van der Waals surface area contributed by atoms with Crippen LogP contribution in [0.3, 0.4) is 0 Å². The van der Waals surface area contributed by atoms with Crippen molar-refractivity contribution < 1.29 is 5.11 Å². The zero-order valence-electron chi connectivity index (χ0n) is 19.4. The molecule has 168 valence electrons. The molecule has 2 aromatic carbocycles. The third kappa shape index (κ3) is 6.04. The minimum Gasteiger partial charge on any atom is -0.507 e. The van der Waals surface area contributed by atoms with Crippen molar-refractivity contribution in [2.24, 2.45) is 0 Å². The monoisotopic (exact) mass is 435 g/mol. The van der Waals surface area contributed by atoms with Gasteiger partial charge < -0.3 is 10.4 Å². The van der Waals surface area contributed by atoms with Gasteiger partial charge in [0, 0.05) is 17.8 Å². The molecule has 2 heteroatoms. The normalized spacial score (nSPS) is 16.4. The highest BCUT2D eigenvalue weighted by Crippen LogP contribution is 2.32. The zero-order valence-corrected chi connectivity index (χ0v) is 19.4. The average molecular weight is 436 g/mol. The predicted octanol–water partition coefficient (Wildman–Crippen LogP) is 7.88. The molecule has 0 saturated heterocycles. The Labute approximate surface area is 198 Å². The molecule has 2 aliphatic carbocycles. The summed E-state index contributed by atoms with van der Waals surface area (Å²) in [6, 6.07) is 15.9. The topological polar surface area (TPSA) is 32.3 Å². The Morgan fingerprint density at radius 3 is 2.73 bits per heavy atom. The van der Waals surface area contributed by atoms with Crippen molar-refractivity contribution in [2.45, 2.75) is 39.0 Å². The van der Waals surface area contributed by atoms with Crippen molar-refractivity contribution in [3.8, 4) is 16.9 Å². The number of hydrogen-bond donors (Lipinski definition) is 2. The first-order valence-corrected chi connectivity index (χ1v) is 12.0. The Hall–Kier alpha value is -3.52. The molecule has 0 heterocycles. The van der Waals surface area contributed by atoms with Crippen molar-refractivity contribution in [3.05, 3.63) is 120 Å². The van der Waals surface area contributed by atoms with E-state index in [-0.39, 0.29) is 0 Å². The Bertz CT molecular complexity index is 1160. The molecule has 0 aliphatic heterocycles. The number of phenols is 1. The second kappa shape index (κ2) is 11.4. The Morgan fingerprint density at radius 1 is 1.03 bits per heavy atom. The molecular formula is C31H33NO. The van der Waals surface area contributed by atoms with Gasteiger partial charge in [0.05, 0.1) is 0 Å². The maximum atomic E-state index is 10.2. The number of hydrogen-bond acceptors (Lipinski definition) is 2. The SMILES string of the molecule is CC/C(=C\C=C/CNC1=CC(c2cccc(-c3ccccc3O)c2)=CCC1)C1=CC=CCC1. The lowest BCUT2D eigenvalue weighted by molar-refractivity contribution is 0.477. The van der Waals surface area contributed by atoms with Gasteiger partial charge in [-0.05, 0) is 78.2 Å². The van der Waals surface area contributed by atoms with Crippen LogP contribution in [0.15, 0.2) is 114 Å². The van der Waals surface area contributed by atoms with E-state index in [2.05, 4.69) is 79.0 Å². The fourth-order valence-electron chi connectivity index (χ4n) is 4.39. The molecule has 33 heavy (non-hydrogen) atoms. The molecule has 4 rings (SSSR count). The maximum Gasteiger partial charge on any atom is 0.123 e. The molecule has 0 fully saturated rings. The lowest BCUT2D eigenvalue weighted by atomic mass is 9.94. The Kier molecular flexibility index (Phi) is 7.81. The maximum absolute atomic E-state index is 10.2. The van der Waals surface area contributed by atoms with Crippen LogP contribution in [0.2, 0.25) is 0 Å². The number of para-hydroxylation sites is 1. The third-order valence-electron chi connectivity index (χ3n) is 6.21. The van der Waals surface area contributed by atoms with E-state index in [0.717, 1.165) is 49.8 Å². The van der Waals surface area contributed by atoms with Crippen LogP contribution in [0.5, 0.6) is 5.75 Å². The van der Waals surface area contributed by atoms with Gasteiger partial charge in [0.2, 0.25) is 0 Å². The fraction of sp³-hybridized carbons (Fsp3) is 0.226. The van der Waals surface area contributed by atoms with Crippen LogP contribution in [0, 0.1) is 0 Å². The molecule has 0 bridgehead atoms. The lowest BCUT2D eigenvalue weighted by Crippen LogP contribution is -2.14. The second-order valence-electron chi connectivity index (χ2n) is 8.48. The Balaban J connectivity index is 1.39. The summed E-state index contributed by atoms with van der Waals surface area (Å²) in [5.74, 6) is 0.313. The molecule has 0 radical (unpaired) electrons. The highest BCUT2D eigenvalue weighted by Gasteiger charge is 2.09. The van der Waals surface area contributed by atoms with Gasteiger partial charge in [-0.25, -0.2) is 0 Å². The summed E-state index contributed by atoms with van der Waals surface area (Å²) in [6.07, 6.45) is 23.3. The quantitative estimate of drug-likeness (QED) is 0.413. The predicted molar refractivity (Wildman–Crippen MR) is 141 cm³/mol. The molecule has 2 nitrogen and oxygen atoms in total. The number of benzene rings is 2. The molecule has 0 aromatic heterocycles. The average Bonchev–Trinajstić information content (AvgIpc) is 2.87. The summed E-state index contributed by atoms with van der Waals surface area (Å²) in [6.45, 7) is 3.05. The van der Waals surface area contributed by atoms with Crippen molar-refractivity contribution in [3.63, 3.8) is 0 Å². The number of rotatable bonds is 8. The summed E-state index contributed by atoms with van der Waals surface area (Å²) in [5.41, 5.74) is 8.47.